The van der Waals surface area contributed by atoms with Crippen LogP contribution in [0.15, 0.2) is 48.5 Å². The van der Waals surface area contributed by atoms with Crippen LogP contribution < -0.4 is 30.7 Å². The maximum atomic E-state index is 13.4. The highest BCUT2D eigenvalue weighted by molar-refractivity contribution is 7.91. The highest BCUT2D eigenvalue weighted by Gasteiger charge is 2.66. The van der Waals surface area contributed by atoms with Crippen molar-refractivity contribution in [2.45, 2.75) is 73.9 Å². The Morgan fingerprint density at radius 1 is 0.963 bits per heavy atom. The number of anilines is 3. The first-order valence-electron chi connectivity index (χ1n) is 16.8. The third-order valence-corrected chi connectivity index (χ3v) is 11.1. The number of ether oxygens (including phenoxy) is 1. The number of sulfonamides is 1. The SMILES string of the molecule is O=C(CCCNC(=O)c1ccc(Nc2nc(NC3(c4ccc(Cl)cc4)CC3)nc(OCC(F)(F)F)n2)cc1)N[C@]1(C(=O)NS(=O)(=O)C2CC2)C[C@H]1C(F)F. The van der Waals surface area contributed by atoms with Crippen LogP contribution in [0.5, 0.6) is 6.01 Å². The van der Waals surface area contributed by atoms with E-state index in [-0.39, 0.29) is 36.8 Å². The fourth-order valence-corrected chi connectivity index (χ4v) is 7.20. The average molecular weight is 801 g/mol. The van der Waals surface area contributed by atoms with E-state index >= 15 is 0 Å². The van der Waals surface area contributed by atoms with Crippen molar-refractivity contribution in [2.24, 2.45) is 5.92 Å². The van der Waals surface area contributed by atoms with E-state index in [9.17, 15) is 44.8 Å². The summed E-state index contributed by atoms with van der Waals surface area (Å²) in [5.41, 5.74) is -1.13. The van der Waals surface area contributed by atoms with E-state index in [0.29, 0.717) is 36.4 Å². The Morgan fingerprint density at radius 2 is 1.63 bits per heavy atom. The molecular weight excluding hydrogens is 767 g/mol. The predicted molar refractivity (Wildman–Crippen MR) is 184 cm³/mol. The highest BCUT2D eigenvalue weighted by Crippen LogP contribution is 2.49. The summed E-state index contributed by atoms with van der Waals surface area (Å²) in [6, 6.07) is 12.4. The van der Waals surface area contributed by atoms with E-state index in [2.05, 4.69) is 36.2 Å². The lowest BCUT2D eigenvalue weighted by Gasteiger charge is -2.19. The molecule has 2 atom stereocenters. The number of benzene rings is 2. The molecule has 21 heteroatoms. The van der Waals surface area contributed by atoms with Crippen molar-refractivity contribution < 1.29 is 49.5 Å². The lowest BCUT2D eigenvalue weighted by molar-refractivity contribution is -0.154. The van der Waals surface area contributed by atoms with Crippen molar-refractivity contribution >= 4 is 56.9 Å². The Hall–Kier alpha value is -4.85. The lowest BCUT2D eigenvalue weighted by Crippen LogP contribution is -2.53. The number of nitrogens with zero attached hydrogens (tertiary/aromatic N) is 3. The van der Waals surface area contributed by atoms with Gasteiger partial charge in [-0.05, 0) is 80.5 Å². The van der Waals surface area contributed by atoms with Gasteiger partial charge in [0.25, 0.3) is 11.8 Å². The number of aromatic nitrogens is 3. The number of carbonyl (C=O) groups excluding carboxylic acids is 3. The minimum atomic E-state index is -4.64. The Balaban J connectivity index is 1.02. The number of amides is 3. The number of hydrogen-bond donors (Lipinski definition) is 5. The van der Waals surface area contributed by atoms with Crippen molar-refractivity contribution in [3.05, 3.63) is 64.7 Å². The molecule has 1 heterocycles. The van der Waals surface area contributed by atoms with Crippen molar-refractivity contribution in [3.63, 3.8) is 0 Å². The molecule has 0 radical (unpaired) electrons. The van der Waals surface area contributed by atoms with E-state index < -0.39 is 81.6 Å². The molecule has 1 aromatic heterocycles. The summed E-state index contributed by atoms with van der Waals surface area (Å²) in [6.07, 6.45) is -6.07. The van der Waals surface area contributed by atoms with E-state index in [1.807, 2.05) is 16.9 Å². The zero-order chi connectivity index (χ0) is 38.9. The molecule has 54 heavy (non-hydrogen) atoms. The second-order valence-electron chi connectivity index (χ2n) is 13.3. The normalized spacial score (nSPS) is 20.1. The van der Waals surface area contributed by atoms with Crippen LogP contribution in [0.1, 0.15) is 60.9 Å². The van der Waals surface area contributed by atoms with Gasteiger partial charge in [-0.15, -0.1) is 0 Å². The van der Waals surface area contributed by atoms with Gasteiger partial charge in [-0.2, -0.15) is 28.1 Å². The smallest absolute Gasteiger partial charge is 0.422 e. The zero-order valence-corrected chi connectivity index (χ0v) is 29.8. The second kappa shape index (κ2) is 15.1. The molecule has 5 N–H and O–H groups in total. The van der Waals surface area contributed by atoms with E-state index in [0.717, 1.165) is 5.56 Å². The van der Waals surface area contributed by atoms with Gasteiger partial charge in [0, 0.05) is 29.2 Å². The van der Waals surface area contributed by atoms with Gasteiger partial charge >= 0.3 is 12.2 Å². The maximum absolute atomic E-state index is 13.4. The Bertz CT molecular complexity index is 2000. The van der Waals surface area contributed by atoms with Crippen LogP contribution >= 0.6 is 11.6 Å². The molecule has 2 aromatic carbocycles. The van der Waals surface area contributed by atoms with Gasteiger partial charge in [0.15, 0.2) is 6.61 Å². The number of alkyl halides is 5. The molecule has 0 saturated heterocycles. The number of rotatable bonds is 17. The number of nitrogens with one attached hydrogen (secondary N) is 5. The van der Waals surface area contributed by atoms with Gasteiger partial charge in [0.2, 0.25) is 34.3 Å². The molecule has 0 aliphatic heterocycles. The lowest BCUT2D eigenvalue weighted by atomic mass is 10.1. The topological polar surface area (TPSA) is 193 Å². The third kappa shape index (κ3) is 9.62. The van der Waals surface area contributed by atoms with E-state index in [1.54, 1.807) is 12.1 Å². The molecule has 290 valence electrons. The molecule has 3 aliphatic rings. The summed E-state index contributed by atoms with van der Waals surface area (Å²) in [4.78, 5) is 50.2. The first-order valence-corrected chi connectivity index (χ1v) is 18.7. The van der Waals surface area contributed by atoms with Gasteiger partial charge in [-0.25, -0.2) is 17.2 Å². The average Bonchev–Trinajstić information content (AvgIpc) is 3.97. The van der Waals surface area contributed by atoms with Crippen molar-refractivity contribution in [1.29, 1.82) is 0 Å². The first kappa shape index (κ1) is 38.9. The minimum Gasteiger partial charge on any atom is -0.454 e. The number of halogens is 6. The fraction of sp³-hybridized carbons (Fsp3) is 0.455. The van der Waals surface area contributed by atoms with Crippen LogP contribution in [0, 0.1) is 5.92 Å². The molecule has 3 fully saturated rings. The Kier molecular flexibility index (Phi) is 10.9. The standard InChI is InChI=1S/C33H34ClF5N8O6S/c34-20-7-5-19(6-8-20)31(13-14-31)46-29-42-28(43-30(44-29)53-17-33(37,38)39)41-21-9-3-18(4-10-21)26(49)40-15-1-2-24(48)45-32(16-23(32)25(35)36)27(50)47-54(51,52)22-11-12-22/h3-10,22-23,25H,1-2,11-17H2,(H,40,49)(H,45,48)(H,47,50)(H2,41,42,43,44,46)/t23-,32+/m0/s1. The molecule has 0 unspecified atom stereocenters. The van der Waals surface area contributed by atoms with Crippen molar-refractivity contribution in [3.8, 4) is 6.01 Å². The van der Waals surface area contributed by atoms with Gasteiger partial charge in [0.05, 0.1) is 16.7 Å². The molecule has 0 bridgehead atoms. The van der Waals surface area contributed by atoms with Crippen LogP contribution in [0.4, 0.5) is 39.5 Å². The maximum Gasteiger partial charge on any atom is 0.422 e. The number of hydrogen-bond acceptors (Lipinski definition) is 11. The Morgan fingerprint density at radius 3 is 2.22 bits per heavy atom. The first-order chi connectivity index (χ1) is 25.5. The molecular formula is C33H34ClF5N8O6S. The van der Waals surface area contributed by atoms with Crippen LogP contribution in [-0.4, -0.2) is 77.6 Å². The molecule has 3 aliphatic carbocycles. The second-order valence-corrected chi connectivity index (χ2v) is 15.7. The summed E-state index contributed by atoms with van der Waals surface area (Å²) in [5, 5.41) is 10.7. The van der Waals surface area contributed by atoms with Crippen LogP contribution in [-0.2, 0) is 25.2 Å². The fourth-order valence-electron chi connectivity index (χ4n) is 5.71. The molecule has 0 spiro atoms. The molecule has 14 nitrogen and oxygen atoms in total. The molecule has 6 rings (SSSR count). The molecule has 3 amide bonds. The van der Waals surface area contributed by atoms with Gasteiger partial charge in [-0.3, -0.25) is 19.1 Å². The molecule has 3 aromatic rings. The monoisotopic (exact) mass is 800 g/mol. The third-order valence-electron chi connectivity index (χ3n) is 9.03. The van der Waals surface area contributed by atoms with Crippen LogP contribution in [0.3, 0.4) is 0 Å². The van der Waals surface area contributed by atoms with E-state index in [4.69, 9.17) is 16.3 Å². The van der Waals surface area contributed by atoms with Gasteiger partial charge < -0.3 is 26.0 Å². The summed E-state index contributed by atoms with van der Waals surface area (Å²) in [5.74, 6) is -4.17. The quantitative estimate of drug-likeness (QED) is 0.0949. The molecule has 3 saturated carbocycles. The predicted octanol–water partition coefficient (Wildman–Crippen LogP) is 4.57. The summed E-state index contributed by atoms with van der Waals surface area (Å²) in [6.45, 7) is -1.63. The summed E-state index contributed by atoms with van der Waals surface area (Å²) >= 11 is 6.01. The Labute approximate surface area is 310 Å². The van der Waals surface area contributed by atoms with Crippen LogP contribution in [0.2, 0.25) is 5.02 Å². The zero-order valence-electron chi connectivity index (χ0n) is 28.2. The number of carbonyl (C=O) groups is 3. The van der Waals surface area contributed by atoms with Gasteiger partial charge in [0.1, 0.15) is 5.54 Å². The largest absolute Gasteiger partial charge is 0.454 e. The van der Waals surface area contributed by atoms with Crippen LogP contribution in [0.25, 0.3) is 0 Å². The summed E-state index contributed by atoms with van der Waals surface area (Å²) < 4.78 is 96.6. The summed E-state index contributed by atoms with van der Waals surface area (Å²) in [7, 11) is -4.02. The van der Waals surface area contributed by atoms with E-state index in [1.165, 1.54) is 24.3 Å². The highest BCUT2D eigenvalue weighted by atomic mass is 35.5. The van der Waals surface area contributed by atoms with Crippen molar-refractivity contribution in [1.82, 2.24) is 30.3 Å². The minimum absolute atomic E-state index is 0.00136. The van der Waals surface area contributed by atoms with Crippen molar-refractivity contribution in [2.75, 3.05) is 23.8 Å². The van der Waals surface area contributed by atoms with Gasteiger partial charge in [-0.1, -0.05) is 23.7 Å².